The van der Waals surface area contributed by atoms with Gasteiger partial charge in [-0.15, -0.1) is 0 Å². The molecular formula is C13H19FN2OS. The van der Waals surface area contributed by atoms with Crippen molar-refractivity contribution >= 4 is 17.3 Å². The van der Waals surface area contributed by atoms with E-state index in [9.17, 15) is 4.39 Å². The van der Waals surface area contributed by atoms with Gasteiger partial charge < -0.3 is 15.0 Å². The zero-order valence-electron chi connectivity index (χ0n) is 10.8. The Morgan fingerprint density at radius 1 is 1.39 bits per heavy atom. The minimum atomic E-state index is -0.221. The molecule has 0 spiro atoms. The average molecular weight is 270 g/mol. The number of nitrogens with one attached hydrogen (secondary N) is 1. The van der Waals surface area contributed by atoms with E-state index < -0.39 is 0 Å². The molecule has 1 N–H and O–H groups in total. The summed E-state index contributed by atoms with van der Waals surface area (Å²) in [5, 5.41) is 3.84. The van der Waals surface area contributed by atoms with Crippen molar-refractivity contribution in [2.45, 2.75) is 13.0 Å². The fraction of sp³-hybridized carbons (Fsp3) is 0.462. The van der Waals surface area contributed by atoms with Gasteiger partial charge in [-0.2, -0.15) is 0 Å². The second kappa shape index (κ2) is 8.00. The van der Waals surface area contributed by atoms with Crippen molar-refractivity contribution in [2.75, 3.05) is 27.3 Å². The predicted octanol–water partition coefficient (Wildman–Crippen LogP) is 2.17. The Bertz CT molecular complexity index is 370. The summed E-state index contributed by atoms with van der Waals surface area (Å²) in [6, 6.07) is 6.44. The lowest BCUT2D eigenvalue weighted by molar-refractivity contribution is 0.195. The number of halogens is 1. The monoisotopic (exact) mass is 270 g/mol. The van der Waals surface area contributed by atoms with Crippen molar-refractivity contribution in [1.29, 1.82) is 0 Å². The largest absolute Gasteiger partial charge is 0.385 e. The van der Waals surface area contributed by atoms with E-state index in [0.717, 1.165) is 25.1 Å². The first-order valence-electron chi connectivity index (χ1n) is 5.86. The molecule has 5 heteroatoms. The third kappa shape index (κ3) is 5.42. The lowest BCUT2D eigenvalue weighted by Crippen LogP contribution is -2.37. The van der Waals surface area contributed by atoms with Gasteiger partial charge in [-0.3, -0.25) is 0 Å². The molecule has 0 aliphatic heterocycles. The normalized spacial score (nSPS) is 10.2. The maximum atomic E-state index is 12.8. The van der Waals surface area contributed by atoms with E-state index in [2.05, 4.69) is 5.32 Å². The fourth-order valence-electron chi connectivity index (χ4n) is 1.48. The third-order valence-electron chi connectivity index (χ3n) is 2.48. The average Bonchev–Trinajstić information content (AvgIpc) is 2.37. The molecule has 0 saturated heterocycles. The molecule has 18 heavy (non-hydrogen) atoms. The van der Waals surface area contributed by atoms with Crippen LogP contribution < -0.4 is 5.32 Å². The zero-order valence-corrected chi connectivity index (χ0v) is 11.6. The minimum Gasteiger partial charge on any atom is -0.385 e. The molecule has 1 rings (SSSR count). The summed E-state index contributed by atoms with van der Waals surface area (Å²) in [6.07, 6.45) is 0.918. The number of methoxy groups -OCH3 is 1. The van der Waals surface area contributed by atoms with Gasteiger partial charge in [0.1, 0.15) is 5.82 Å². The molecule has 0 heterocycles. The molecule has 0 atom stereocenters. The van der Waals surface area contributed by atoms with Crippen molar-refractivity contribution in [3.8, 4) is 0 Å². The lowest BCUT2D eigenvalue weighted by atomic mass is 10.2. The van der Waals surface area contributed by atoms with Gasteiger partial charge in [0.05, 0.1) is 0 Å². The number of rotatable bonds is 6. The molecule has 0 amide bonds. The highest BCUT2D eigenvalue weighted by Gasteiger charge is 2.04. The van der Waals surface area contributed by atoms with Gasteiger partial charge >= 0.3 is 0 Å². The highest BCUT2D eigenvalue weighted by atomic mass is 32.1. The molecule has 0 aliphatic carbocycles. The van der Waals surface area contributed by atoms with Crippen molar-refractivity contribution in [2.24, 2.45) is 0 Å². The van der Waals surface area contributed by atoms with E-state index in [-0.39, 0.29) is 5.82 Å². The molecule has 0 radical (unpaired) electrons. The number of benzene rings is 1. The lowest BCUT2D eigenvalue weighted by Gasteiger charge is -2.21. The summed E-state index contributed by atoms with van der Waals surface area (Å²) in [5.41, 5.74) is 1.03. The van der Waals surface area contributed by atoms with Crippen LogP contribution in [0.25, 0.3) is 0 Å². The maximum Gasteiger partial charge on any atom is 0.168 e. The topological polar surface area (TPSA) is 24.5 Å². The van der Waals surface area contributed by atoms with Gasteiger partial charge in [-0.1, -0.05) is 12.1 Å². The number of ether oxygens (including phenoxy) is 1. The molecule has 0 unspecified atom stereocenters. The summed E-state index contributed by atoms with van der Waals surface area (Å²) in [7, 11) is 3.59. The van der Waals surface area contributed by atoms with Crippen LogP contribution >= 0.6 is 12.2 Å². The summed E-state index contributed by atoms with van der Waals surface area (Å²) in [5.74, 6) is -0.221. The van der Waals surface area contributed by atoms with Crippen LogP contribution in [0.1, 0.15) is 12.0 Å². The van der Waals surface area contributed by atoms with Gasteiger partial charge in [0, 0.05) is 33.9 Å². The van der Waals surface area contributed by atoms with Gasteiger partial charge in [-0.05, 0) is 36.3 Å². The number of nitrogens with zero attached hydrogens (tertiary/aromatic N) is 1. The van der Waals surface area contributed by atoms with Crippen LogP contribution in [0.4, 0.5) is 4.39 Å². The van der Waals surface area contributed by atoms with Crippen LogP contribution in [0.3, 0.4) is 0 Å². The third-order valence-corrected chi connectivity index (χ3v) is 2.94. The molecule has 0 aliphatic rings. The SMILES string of the molecule is COCCCNC(=S)N(C)Cc1ccc(F)cc1. The second-order valence-corrected chi connectivity index (χ2v) is 4.45. The van der Waals surface area contributed by atoms with Crippen LogP contribution in [0.5, 0.6) is 0 Å². The van der Waals surface area contributed by atoms with E-state index in [4.69, 9.17) is 17.0 Å². The second-order valence-electron chi connectivity index (χ2n) is 4.06. The van der Waals surface area contributed by atoms with Gasteiger partial charge in [-0.25, -0.2) is 4.39 Å². The molecule has 0 fully saturated rings. The smallest absolute Gasteiger partial charge is 0.168 e. The predicted molar refractivity (Wildman–Crippen MR) is 75.0 cm³/mol. The van der Waals surface area contributed by atoms with E-state index >= 15 is 0 Å². The van der Waals surface area contributed by atoms with E-state index in [1.807, 2.05) is 11.9 Å². The first-order valence-corrected chi connectivity index (χ1v) is 6.26. The van der Waals surface area contributed by atoms with Crippen molar-refractivity contribution in [3.05, 3.63) is 35.6 Å². The number of hydrogen-bond donors (Lipinski definition) is 1. The van der Waals surface area contributed by atoms with Crippen molar-refractivity contribution in [3.63, 3.8) is 0 Å². The zero-order chi connectivity index (χ0) is 13.4. The first-order chi connectivity index (χ1) is 8.63. The highest BCUT2D eigenvalue weighted by Crippen LogP contribution is 2.05. The summed E-state index contributed by atoms with van der Waals surface area (Å²) in [6.45, 7) is 2.17. The van der Waals surface area contributed by atoms with Gasteiger partial charge in [0.15, 0.2) is 5.11 Å². The maximum absolute atomic E-state index is 12.8. The van der Waals surface area contributed by atoms with Crippen LogP contribution in [0.2, 0.25) is 0 Å². The molecule has 0 saturated carbocycles. The van der Waals surface area contributed by atoms with Crippen LogP contribution in [-0.4, -0.2) is 37.3 Å². The van der Waals surface area contributed by atoms with Gasteiger partial charge in [0.25, 0.3) is 0 Å². The Morgan fingerprint density at radius 3 is 2.67 bits per heavy atom. The summed E-state index contributed by atoms with van der Waals surface area (Å²) < 4.78 is 17.7. The molecule has 1 aromatic rings. The fourth-order valence-corrected chi connectivity index (χ4v) is 1.65. The standard InChI is InChI=1S/C13H19FN2OS/c1-16(13(18)15-8-3-9-17-2)10-11-4-6-12(14)7-5-11/h4-7H,3,8-10H2,1-2H3,(H,15,18). The Hall–Kier alpha value is -1.20. The highest BCUT2D eigenvalue weighted by molar-refractivity contribution is 7.80. The van der Waals surface area contributed by atoms with Gasteiger partial charge in [0.2, 0.25) is 0 Å². The van der Waals surface area contributed by atoms with Crippen molar-refractivity contribution < 1.29 is 9.13 Å². The Morgan fingerprint density at radius 2 is 2.06 bits per heavy atom. The Kier molecular flexibility index (Phi) is 6.60. The number of thiocarbonyl (C=S) groups is 1. The molecule has 0 aromatic heterocycles. The first kappa shape index (κ1) is 14.9. The molecular weight excluding hydrogens is 251 g/mol. The van der Waals surface area contributed by atoms with Crippen LogP contribution in [-0.2, 0) is 11.3 Å². The minimum absolute atomic E-state index is 0.221. The van der Waals surface area contributed by atoms with E-state index in [1.165, 1.54) is 12.1 Å². The summed E-state index contributed by atoms with van der Waals surface area (Å²) in [4.78, 5) is 1.93. The van der Waals surface area contributed by atoms with Crippen LogP contribution in [0, 0.1) is 5.82 Å². The van der Waals surface area contributed by atoms with E-state index in [0.29, 0.717) is 11.7 Å². The van der Waals surface area contributed by atoms with Crippen LogP contribution in [0.15, 0.2) is 24.3 Å². The van der Waals surface area contributed by atoms with E-state index in [1.54, 1.807) is 19.2 Å². The molecule has 3 nitrogen and oxygen atoms in total. The number of hydrogen-bond acceptors (Lipinski definition) is 2. The Balaban J connectivity index is 2.33. The molecule has 100 valence electrons. The quantitative estimate of drug-likeness (QED) is 0.632. The Labute approximate surface area is 113 Å². The van der Waals surface area contributed by atoms with Crippen molar-refractivity contribution in [1.82, 2.24) is 10.2 Å². The summed E-state index contributed by atoms with van der Waals surface area (Å²) >= 11 is 5.25. The molecule has 1 aromatic carbocycles. The molecule has 0 bridgehead atoms.